The summed E-state index contributed by atoms with van der Waals surface area (Å²) in [6, 6.07) is -9.38. The van der Waals surface area contributed by atoms with Gasteiger partial charge in [-0.25, -0.2) is 4.79 Å². The molecule has 7 amide bonds. The highest BCUT2D eigenvalue weighted by molar-refractivity contribution is 7.80. The van der Waals surface area contributed by atoms with Gasteiger partial charge in [0.25, 0.3) is 0 Å². The molecule has 0 unspecified atom stereocenters. The molecule has 0 bridgehead atoms. The van der Waals surface area contributed by atoms with Gasteiger partial charge < -0.3 is 70.2 Å². The van der Waals surface area contributed by atoms with E-state index in [1.807, 2.05) is 5.32 Å². The third-order valence-corrected chi connectivity index (χ3v) is 7.44. The van der Waals surface area contributed by atoms with Crippen LogP contribution in [0.15, 0.2) is 4.99 Å². The highest BCUT2D eigenvalue weighted by Gasteiger charge is 2.33. The van der Waals surface area contributed by atoms with Crippen LogP contribution in [0.5, 0.6) is 0 Å². The Bertz CT molecular complexity index is 1400. The standard InChI is InChI=1S/C27H45N11O13S2/c28-11(9-52)21(45)36-14(6-17(29)39)25(49)35-13(3-4-19(41)42)24(48)37-15(7-20(43)44)22(46)33-8-18(40)34-12(2-1-5-32-27(30)31)23(47)38-16(10-53)26(50)51/h11-16,52-53H,1-10,28H2,(H2,29,39)(H,33,46)(H,34,40)(H,35,49)(H,36,45)(H,37,48)(H,38,47)(H,41,42)(H,43,44)(H,50,51)(H4,30,31,32)/t11-,12-,13-,14-,15-,16-/m0/s1. The first kappa shape index (κ1) is 47.6. The number of primary amides is 1. The Balaban J connectivity index is 5.94. The van der Waals surface area contributed by atoms with Crippen LogP contribution in [0.2, 0.25) is 0 Å². The summed E-state index contributed by atoms with van der Waals surface area (Å²) in [5.41, 5.74) is 21.3. The molecule has 24 nitrogen and oxygen atoms in total. The Kier molecular flexibility index (Phi) is 22.2. The molecule has 0 aromatic carbocycles. The van der Waals surface area contributed by atoms with Gasteiger partial charge in [0.05, 0.1) is 25.4 Å². The summed E-state index contributed by atoms with van der Waals surface area (Å²) in [7, 11) is 0. The molecule has 298 valence electrons. The topological polar surface area (TPSA) is 420 Å². The van der Waals surface area contributed by atoms with Crippen LogP contribution in [0.1, 0.15) is 38.5 Å². The van der Waals surface area contributed by atoms with Crippen molar-refractivity contribution in [2.24, 2.45) is 27.9 Å². The first-order chi connectivity index (χ1) is 24.7. The Morgan fingerprint density at radius 1 is 0.604 bits per heavy atom. The van der Waals surface area contributed by atoms with Gasteiger partial charge in [0.1, 0.15) is 30.2 Å². The van der Waals surface area contributed by atoms with Crippen LogP contribution < -0.4 is 54.8 Å². The molecule has 0 aromatic rings. The highest BCUT2D eigenvalue weighted by atomic mass is 32.1. The van der Waals surface area contributed by atoms with Crippen LogP contribution in [-0.4, -0.2) is 141 Å². The lowest BCUT2D eigenvalue weighted by Gasteiger charge is -2.25. The van der Waals surface area contributed by atoms with Crippen molar-refractivity contribution in [2.75, 3.05) is 24.6 Å². The maximum atomic E-state index is 13.2. The minimum Gasteiger partial charge on any atom is -0.481 e. The van der Waals surface area contributed by atoms with Crippen molar-refractivity contribution >= 4 is 90.5 Å². The zero-order valence-corrected chi connectivity index (χ0v) is 29.9. The Morgan fingerprint density at radius 2 is 1.11 bits per heavy atom. The maximum Gasteiger partial charge on any atom is 0.327 e. The molecular weight excluding hydrogens is 750 g/mol. The summed E-state index contributed by atoms with van der Waals surface area (Å²) >= 11 is 7.72. The van der Waals surface area contributed by atoms with Gasteiger partial charge in [-0.3, -0.25) is 48.1 Å². The van der Waals surface area contributed by atoms with Crippen LogP contribution >= 0.6 is 25.3 Å². The highest BCUT2D eigenvalue weighted by Crippen LogP contribution is 2.05. The molecule has 53 heavy (non-hydrogen) atoms. The minimum absolute atomic E-state index is 0.0305. The van der Waals surface area contributed by atoms with E-state index in [1.165, 1.54) is 0 Å². The van der Waals surface area contributed by atoms with Gasteiger partial charge in [-0.15, -0.1) is 0 Å². The fraction of sp³-hybridized carbons (Fsp3) is 0.593. The Labute approximate surface area is 312 Å². The smallest absolute Gasteiger partial charge is 0.327 e. The molecule has 0 saturated carbocycles. The predicted octanol–water partition coefficient (Wildman–Crippen LogP) is -6.93. The predicted molar refractivity (Wildman–Crippen MR) is 189 cm³/mol. The van der Waals surface area contributed by atoms with Crippen molar-refractivity contribution in [2.45, 2.75) is 74.8 Å². The van der Waals surface area contributed by atoms with E-state index in [4.69, 9.17) is 28.0 Å². The molecule has 0 radical (unpaired) electrons. The molecule has 0 aromatic heterocycles. The lowest BCUT2D eigenvalue weighted by Crippen LogP contribution is -2.59. The van der Waals surface area contributed by atoms with E-state index in [2.05, 4.69) is 56.8 Å². The largest absolute Gasteiger partial charge is 0.481 e. The van der Waals surface area contributed by atoms with Crippen molar-refractivity contribution in [3.8, 4) is 0 Å². The number of hydrogen-bond donors (Lipinski definition) is 15. The number of guanidine groups is 1. The third kappa shape index (κ3) is 20.3. The Hall–Kier alpha value is -5.37. The number of amides is 7. The average Bonchev–Trinajstić information content (AvgIpc) is 3.06. The van der Waals surface area contributed by atoms with E-state index in [1.54, 1.807) is 0 Å². The first-order valence-corrected chi connectivity index (χ1v) is 16.7. The van der Waals surface area contributed by atoms with E-state index in [9.17, 15) is 58.2 Å². The molecule has 6 atom stereocenters. The number of carbonyl (C=O) groups excluding carboxylic acids is 7. The molecule has 17 N–H and O–H groups in total. The number of aliphatic imine (C=N–C) groups is 1. The molecule has 0 aliphatic heterocycles. The number of nitrogens with two attached hydrogens (primary N) is 4. The van der Waals surface area contributed by atoms with Crippen molar-refractivity contribution in [3.63, 3.8) is 0 Å². The molecule has 0 heterocycles. The SMILES string of the molecule is NC(=O)C[C@H](NC(=O)[C@@H](N)CS)C(=O)N[C@@H](CCC(=O)O)C(=O)N[C@@H](CC(=O)O)C(=O)NCC(=O)N[C@@H](CCCN=C(N)N)C(=O)N[C@@H](CS)C(=O)O. The van der Waals surface area contributed by atoms with Crippen LogP contribution in [0.4, 0.5) is 0 Å². The number of nitrogens with zero attached hydrogens (tertiary/aromatic N) is 1. The number of hydrogen-bond acceptors (Lipinski definition) is 14. The molecule has 0 saturated heterocycles. The van der Waals surface area contributed by atoms with Crippen LogP contribution in [0, 0.1) is 0 Å². The van der Waals surface area contributed by atoms with Crippen molar-refractivity contribution < 1.29 is 63.3 Å². The summed E-state index contributed by atoms with van der Waals surface area (Å²) in [6.07, 6.45) is -3.16. The summed E-state index contributed by atoms with van der Waals surface area (Å²) in [5.74, 6) is -12.7. The summed E-state index contributed by atoms with van der Waals surface area (Å²) in [5, 5.41) is 40.6. The zero-order chi connectivity index (χ0) is 40.8. The molecule has 0 spiro atoms. The monoisotopic (exact) mass is 795 g/mol. The van der Waals surface area contributed by atoms with E-state index in [-0.39, 0.29) is 36.9 Å². The number of carbonyl (C=O) groups is 10. The fourth-order valence-corrected chi connectivity index (χ4v) is 4.42. The van der Waals surface area contributed by atoms with Gasteiger partial charge in [-0.2, -0.15) is 25.3 Å². The van der Waals surface area contributed by atoms with Gasteiger partial charge in [-0.1, -0.05) is 0 Å². The first-order valence-electron chi connectivity index (χ1n) is 15.5. The van der Waals surface area contributed by atoms with Gasteiger partial charge in [0, 0.05) is 24.5 Å². The molecule has 26 heteroatoms. The second-order valence-electron chi connectivity index (χ2n) is 11.0. The summed E-state index contributed by atoms with van der Waals surface area (Å²) in [6.45, 7) is -0.859. The van der Waals surface area contributed by atoms with E-state index in [0.29, 0.717) is 0 Å². The fourth-order valence-electron chi connectivity index (χ4n) is 4.00. The van der Waals surface area contributed by atoms with Crippen molar-refractivity contribution in [1.82, 2.24) is 31.9 Å². The molecular formula is C27H45N11O13S2. The van der Waals surface area contributed by atoms with E-state index < -0.39 is 128 Å². The maximum absolute atomic E-state index is 13.2. The second kappa shape index (κ2) is 24.8. The summed E-state index contributed by atoms with van der Waals surface area (Å²) < 4.78 is 0. The number of rotatable bonds is 26. The number of carboxylic acids is 3. The molecule has 0 rings (SSSR count). The molecule has 0 fully saturated rings. The van der Waals surface area contributed by atoms with Crippen molar-refractivity contribution in [1.29, 1.82) is 0 Å². The normalized spacial score (nSPS) is 13.9. The Morgan fingerprint density at radius 3 is 1.60 bits per heavy atom. The summed E-state index contributed by atoms with van der Waals surface area (Å²) in [4.78, 5) is 126. The quantitative estimate of drug-likeness (QED) is 0.0167. The van der Waals surface area contributed by atoms with Crippen LogP contribution in [0.25, 0.3) is 0 Å². The lowest BCUT2D eigenvalue weighted by atomic mass is 10.1. The third-order valence-electron chi connectivity index (χ3n) is 6.68. The van der Waals surface area contributed by atoms with Gasteiger partial charge in [0.2, 0.25) is 41.4 Å². The van der Waals surface area contributed by atoms with E-state index >= 15 is 0 Å². The number of carboxylic acid groups (broad SMARTS) is 3. The minimum atomic E-state index is -1.92. The molecule has 0 aliphatic carbocycles. The number of nitrogens with one attached hydrogen (secondary N) is 6. The second-order valence-corrected chi connectivity index (χ2v) is 11.8. The lowest BCUT2D eigenvalue weighted by molar-refractivity contribution is -0.141. The molecule has 0 aliphatic rings. The van der Waals surface area contributed by atoms with Gasteiger partial charge in [0.15, 0.2) is 5.96 Å². The van der Waals surface area contributed by atoms with Crippen molar-refractivity contribution in [3.05, 3.63) is 0 Å². The van der Waals surface area contributed by atoms with E-state index in [0.717, 1.165) is 0 Å². The number of thiol groups is 2. The van der Waals surface area contributed by atoms with Crippen LogP contribution in [-0.2, 0) is 47.9 Å². The van der Waals surface area contributed by atoms with Gasteiger partial charge >= 0.3 is 17.9 Å². The van der Waals surface area contributed by atoms with Crippen LogP contribution in [0.3, 0.4) is 0 Å². The zero-order valence-electron chi connectivity index (χ0n) is 28.1. The number of aliphatic carboxylic acids is 3. The average molecular weight is 796 g/mol. The van der Waals surface area contributed by atoms with Gasteiger partial charge in [-0.05, 0) is 19.3 Å².